The van der Waals surface area contributed by atoms with Crippen LogP contribution in [-0.4, -0.2) is 83.9 Å². The molecule has 4 aliphatic heterocycles. The van der Waals surface area contributed by atoms with E-state index < -0.39 is 11.6 Å². The van der Waals surface area contributed by atoms with Crippen molar-refractivity contribution in [3.8, 4) is 0 Å². The van der Waals surface area contributed by atoms with Gasteiger partial charge in [-0.2, -0.15) is 15.1 Å². The summed E-state index contributed by atoms with van der Waals surface area (Å²) in [6.07, 6.45) is 5.23. The van der Waals surface area contributed by atoms with Crippen LogP contribution < -0.4 is 9.80 Å². The summed E-state index contributed by atoms with van der Waals surface area (Å²) < 4.78 is 25.7. The number of ether oxygens (including phenoxy) is 4. The predicted molar refractivity (Wildman–Crippen MR) is 122 cm³/mol. The van der Waals surface area contributed by atoms with Crippen molar-refractivity contribution in [3.05, 3.63) is 6.20 Å². The van der Waals surface area contributed by atoms with E-state index in [1.54, 1.807) is 0 Å². The van der Waals surface area contributed by atoms with Crippen molar-refractivity contribution in [2.45, 2.75) is 63.6 Å². The summed E-state index contributed by atoms with van der Waals surface area (Å²) in [5.41, 5.74) is 0.699. The van der Waals surface area contributed by atoms with Gasteiger partial charge in [-0.25, -0.2) is 4.68 Å². The largest absolute Gasteiger partial charge is 0.355 e. The minimum Gasteiger partial charge on any atom is -0.355 e. The molecule has 6 rings (SSSR count). The first-order valence-electron chi connectivity index (χ1n) is 12.2. The summed E-state index contributed by atoms with van der Waals surface area (Å²) in [4.78, 5) is 14.7. The van der Waals surface area contributed by atoms with Crippen LogP contribution in [0.15, 0.2) is 6.20 Å². The van der Waals surface area contributed by atoms with Gasteiger partial charge < -0.3 is 28.7 Å². The van der Waals surface area contributed by atoms with E-state index in [4.69, 9.17) is 34.0 Å². The van der Waals surface area contributed by atoms with Gasteiger partial charge in [0.05, 0.1) is 43.5 Å². The van der Waals surface area contributed by atoms with Gasteiger partial charge in [0.1, 0.15) is 5.82 Å². The number of anilines is 2. The first-order chi connectivity index (χ1) is 15.9. The summed E-state index contributed by atoms with van der Waals surface area (Å²) >= 11 is 0. The molecular formula is C23H34N6O4. The highest BCUT2D eigenvalue weighted by Crippen LogP contribution is 2.37. The lowest BCUT2D eigenvalue weighted by atomic mass is 10.0. The lowest BCUT2D eigenvalue weighted by Crippen LogP contribution is -2.46. The molecule has 4 aliphatic rings. The average molecular weight is 459 g/mol. The Balaban J connectivity index is 1.33. The number of rotatable bonds is 2. The fourth-order valence-electron chi connectivity index (χ4n) is 5.43. The number of aromatic nitrogens is 4. The number of hydrogen-bond donors (Lipinski definition) is 0. The summed E-state index contributed by atoms with van der Waals surface area (Å²) in [6.45, 7) is 12.5. The maximum Gasteiger partial charge on any atom is 0.229 e. The van der Waals surface area contributed by atoms with Gasteiger partial charge in [-0.3, -0.25) is 0 Å². The molecule has 0 aliphatic carbocycles. The van der Waals surface area contributed by atoms with Crippen LogP contribution in [0.4, 0.5) is 11.8 Å². The molecule has 0 bridgehead atoms. The van der Waals surface area contributed by atoms with Gasteiger partial charge >= 0.3 is 0 Å². The number of nitrogens with zero attached hydrogens (tertiary/aromatic N) is 6. The van der Waals surface area contributed by atoms with Crippen molar-refractivity contribution < 1.29 is 18.9 Å². The van der Waals surface area contributed by atoms with Crippen LogP contribution in [0.25, 0.3) is 11.0 Å². The van der Waals surface area contributed by atoms with Gasteiger partial charge in [-0.1, -0.05) is 0 Å². The average Bonchev–Trinajstić information content (AvgIpc) is 3.55. The van der Waals surface area contributed by atoms with Crippen molar-refractivity contribution in [1.82, 2.24) is 19.7 Å². The SMILES string of the molecule is CC(C)(C)n1ncc2c(N3CCC4(CC3)OCCO4)nc(N3CCC4(CC3)OCCO4)nc21. The van der Waals surface area contributed by atoms with Crippen LogP contribution in [0.5, 0.6) is 0 Å². The van der Waals surface area contributed by atoms with E-state index in [0.29, 0.717) is 26.4 Å². The third kappa shape index (κ3) is 3.77. The zero-order valence-electron chi connectivity index (χ0n) is 19.9. The zero-order valence-corrected chi connectivity index (χ0v) is 19.9. The van der Waals surface area contributed by atoms with Crippen molar-refractivity contribution in [2.24, 2.45) is 0 Å². The molecule has 0 saturated carbocycles. The number of piperidine rings is 2. The van der Waals surface area contributed by atoms with Crippen LogP contribution in [0, 0.1) is 0 Å². The Kier molecular flexibility index (Phi) is 5.06. The Bertz CT molecular complexity index is 1000. The summed E-state index contributed by atoms with van der Waals surface area (Å²) in [7, 11) is 0. The lowest BCUT2D eigenvalue weighted by molar-refractivity contribution is -0.169. The summed E-state index contributed by atoms with van der Waals surface area (Å²) in [6, 6.07) is 0. The fourth-order valence-corrected chi connectivity index (χ4v) is 5.43. The molecule has 10 nitrogen and oxygen atoms in total. The van der Waals surface area contributed by atoms with Crippen LogP contribution in [0.1, 0.15) is 46.5 Å². The third-order valence-electron chi connectivity index (χ3n) is 7.29. The maximum absolute atomic E-state index is 5.94. The first kappa shape index (κ1) is 21.5. The Labute approximate surface area is 194 Å². The van der Waals surface area contributed by atoms with E-state index in [2.05, 4.69) is 30.6 Å². The fraction of sp³-hybridized carbons (Fsp3) is 0.783. The van der Waals surface area contributed by atoms with Crippen molar-refractivity contribution >= 4 is 22.8 Å². The second-order valence-electron chi connectivity index (χ2n) is 10.5. The van der Waals surface area contributed by atoms with Gasteiger partial charge in [-0.15, -0.1) is 0 Å². The molecule has 4 saturated heterocycles. The van der Waals surface area contributed by atoms with Crippen molar-refractivity contribution in [2.75, 3.05) is 62.4 Å². The van der Waals surface area contributed by atoms with Crippen LogP contribution >= 0.6 is 0 Å². The third-order valence-corrected chi connectivity index (χ3v) is 7.29. The van der Waals surface area contributed by atoms with E-state index >= 15 is 0 Å². The minimum atomic E-state index is -0.418. The smallest absolute Gasteiger partial charge is 0.229 e. The molecule has 6 heterocycles. The van der Waals surface area contributed by atoms with Gasteiger partial charge in [0.15, 0.2) is 17.2 Å². The Hall–Kier alpha value is -2.01. The highest BCUT2D eigenvalue weighted by Gasteiger charge is 2.42. The molecule has 0 amide bonds. The highest BCUT2D eigenvalue weighted by atomic mass is 16.7. The number of hydrogen-bond acceptors (Lipinski definition) is 9. The molecule has 180 valence electrons. The standard InChI is InChI=1S/C23H34N6O4/c1-21(2,3)29-19-17(16-24-29)18(27-8-4-22(5-9-27)30-12-13-31-22)25-20(26-19)28-10-6-23(7-11-28)32-14-15-33-23/h16H,4-15H2,1-3H3. The molecule has 10 heteroatoms. The van der Waals surface area contributed by atoms with E-state index in [0.717, 1.165) is 74.7 Å². The van der Waals surface area contributed by atoms with Crippen LogP contribution in [0.2, 0.25) is 0 Å². The molecule has 2 aromatic rings. The van der Waals surface area contributed by atoms with Crippen molar-refractivity contribution in [1.29, 1.82) is 0 Å². The van der Waals surface area contributed by atoms with Gasteiger partial charge in [0.25, 0.3) is 0 Å². The van der Waals surface area contributed by atoms with E-state index in [-0.39, 0.29) is 5.54 Å². The zero-order chi connectivity index (χ0) is 22.7. The second-order valence-corrected chi connectivity index (χ2v) is 10.5. The molecule has 0 atom stereocenters. The molecule has 2 aromatic heterocycles. The monoisotopic (exact) mass is 458 g/mol. The van der Waals surface area contributed by atoms with Crippen LogP contribution in [0.3, 0.4) is 0 Å². The molecule has 4 fully saturated rings. The molecule has 0 unspecified atom stereocenters. The van der Waals surface area contributed by atoms with Crippen molar-refractivity contribution in [3.63, 3.8) is 0 Å². The van der Waals surface area contributed by atoms with E-state index in [1.165, 1.54) is 0 Å². The van der Waals surface area contributed by atoms with Gasteiger partial charge in [0.2, 0.25) is 5.95 Å². The van der Waals surface area contributed by atoms with Crippen LogP contribution in [-0.2, 0) is 24.5 Å². The number of fused-ring (bicyclic) bond motifs is 1. The van der Waals surface area contributed by atoms with Gasteiger partial charge in [-0.05, 0) is 20.8 Å². The molecule has 33 heavy (non-hydrogen) atoms. The molecule has 0 aromatic carbocycles. The molecular weight excluding hydrogens is 424 g/mol. The topological polar surface area (TPSA) is 87.0 Å². The molecule has 2 spiro atoms. The summed E-state index contributed by atoms with van der Waals surface area (Å²) in [5.74, 6) is 0.875. The maximum atomic E-state index is 5.94. The minimum absolute atomic E-state index is 0.181. The van der Waals surface area contributed by atoms with E-state index in [1.807, 2.05) is 10.9 Å². The Morgan fingerprint density at radius 2 is 1.27 bits per heavy atom. The second kappa shape index (κ2) is 7.76. The Morgan fingerprint density at radius 3 is 1.79 bits per heavy atom. The first-order valence-corrected chi connectivity index (χ1v) is 12.2. The normalized spacial score (nSPS) is 25.1. The molecule has 0 radical (unpaired) electrons. The summed E-state index contributed by atoms with van der Waals surface area (Å²) in [5, 5.41) is 5.71. The predicted octanol–water partition coefficient (Wildman–Crippen LogP) is 2.27. The quantitative estimate of drug-likeness (QED) is 0.672. The highest BCUT2D eigenvalue weighted by molar-refractivity contribution is 5.88. The lowest BCUT2D eigenvalue weighted by Gasteiger charge is -2.39. The Morgan fingerprint density at radius 1 is 0.758 bits per heavy atom. The van der Waals surface area contributed by atoms with Gasteiger partial charge in [0, 0.05) is 51.9 Å². The van der Waals surface area contributed by atoms with E-state index in [9.17, 15) is 0 Å². The molecule has 0 N–H and O–H groups in total.